The average Bonchev–Trinajstić information content (AvgIpc) is 3.17. The number of carbonyl (C=O) groups is 1. The molecule has 8 heteroatoms. The highest BCUT2D eigenvalue weighted by Crippen LogP contribution is 2.45. The van der Waals surface area contributed by atoms with Crippen LogP contribution in [0, 0.1) is 0 Å². The molecule has 1 amide bonds. The number of carbonyl (C=O) groups excluding carboxylic acids is 1. The second-order valence-electron chi connectivity index (χ2n) is 5.82. The van der Waals surface area contributed by atoms with Gasteiger partial charge in [0.15, 0.2) is 11.5 Å². The number of amides is 1. The number of para-hydroxylation sites is 2. The SMILES string of the molecule is O=C(NP(=O)(Oc1ccccc1)Oc1ccccc1)c1ccc2c(c1)OCO2. The van der Waals surface area contributed by atoms with Crippen LogP contribution in [0.5, 0.6) is 23.0 Å². The maximum Gasteiger partial charge on any atom is 0.544 e. The summed E-state index contributed by atoms with van der Waals surface area (Å²) < 4.78 is 34.9. The van der Waals surface area contributed by atoms with Gasteiger partial charge in [-0.25, -0.2) is 9.65 Å². The van der Waals surface area contributed by atoms with E-state index in [2.05, 4.69) is 5.09 Å². The standard InChI is InChI=1S/C20H16NO6P/c22-20(15-11-12-18-19(13-15)25-14-24-18)21-28(23,26-16-7-3-1-4-8-16)27-17-9-5-2-6-10-17/h1-13H,14H2,(H,21,22,23). The number of fused-ring (bicyclic) bond motifs is 1. The summed E-state index contributed by atoms with van der Waals surface area (Å²) in [6.07, 6.45) is 0. The Labute approximate surface area is 161 Å². The Morgan fingerprint density at radius 1 is 0.821 bits per heavy atom. The van der Waals surface area contributed by atoms with Gasteiger partial charge in [0.2, 0.25) is 6.79 Å². The fourth-order valence-electron chi connectivity index (χ4n) is 2.53. The molecule has 0 spiro atoms. The minimum absolute atomic E-state index is 0.0904. The van der Waals surface area contributed by atoms with Crippen LogP contribution in [-0.2, 0) is 4.57 Å². The lowest BCUT2D eigenvalue weighted by Gasteiger charge is -2.20. The summed E-state index contributed by atoms with van der Waals surface area (Å²) in [7, 11) is -4.08. The molecule has 1 N–H and O–H groups in total. The molecule has 0 unspecified atom stereocenters. The molecule has 4 rings (SSSR count). The Kier molecular flexibility index (Phi) is 4.91. The van der Waals surface area contributed by atoms with Crippen LogP contribution >= 0.6 is 7.75 Å². The maximum absolute atomic E-state index is 13.3. The van der Waals surface area contributed by atoms with Crippen LogP contribution in [0.3, 0.4) is 0 Å². The van der Waals surface area contributed by atoms with E-state index >= 15 is 0 Å². The van der Waals surface area contributed by atoms with E-state index in [1.54, 1.807) is 66.7 Å². The largest absolute Gasteiger partial charge is 0.544 e. The summed E-state index contributed by atoms with van der Waals surface area (Å²) in [4.78, 5) is 12.7. The van der Waals surface area contributed by atoms with Crippen molar-refractivity contribution in [3.63, 3.8) is 0 Å². The normalized spacial score (nSPS) is 12.3. The van der Waals surface area contributed by atoms with Crippen LogP contribution in [0.1, 0.15) is 10.4 Å². The lowest BCUT2D eigenvalue weighted by Crippen LogP contribution is -2.25. The van der Waals surface area contributed by atoms with Crippen LogP contribution in [0.15, 0.2) is 78.9 Å². The van der Waals surface area contributed by atoms with Gasteiger partial charge in [-0.05, 0) is 42.5 Å². The second-order valence-corrected chi connectivity index (χ2v) is 7.40. The van der Waals surface area contributed by atoms with Gasteiger partial charge in [-0.2, -0.15) is 0 Å². The van der Waals surface area contributed by atoms with Gasteiger partial charge < -0.3 is 18.5 Å². The van der Waals surface area contributed by atoms with E-state index in [1.807, 2.05) is 0 Å². The quantitative estimate of drug-likeness (QED) is 0.621. The van der Waals surface area contributed by atoms with Gasteiger partial charge in [-0.15, -0.1) is 0 Å². The molecular formula is C20H16NO6P. The van der Waals surface area contributed by atoms with Crippen LogP contribution in [0.25, 0.3) is 0 Å². The number of hydrogen-bond acceptors (Lipinski definition) is 6. The van der Waals surface area contributed by atoms with Gasteiger partial charge in [0.05, 0.1) is 0 Å². The van der Waals surface area contributed by atoms with Crippen molar-refractivity contribution in [3.8, 4) is 23.0 Å². The first-order chi connectivity index (χ1) is 13.6. The molecule has 0 bridgehead atoms. The predicted octanol–water partition coefficient (Wildman–Crippen LogP) is 4.41. The number of hydrogen-bond donors (Lipinski definition) is 1. The minimum atomic E-state index is -4.08. The van der Waals surface area contributed by atoms with Crippen molar-refractivity contribution in [1.82, 2.24) is 5.09 Å². The Morgan fingerprint density at radius 3 is 2.00 bits per heavy atom. The van der Waals surface area contributed by atoms with Crippen LogP contribution < -0.4 is 23.6 Å². The van der Waals surface area contributed by atoms with Gasteiger partial charge in [-0.1, -0.05) is 36.4 Å². The van der Waals surface area contributed by atoms with Crippen molar-refractivity contribution in [2.75, 3.05) is 6.79 Å². The van der Waals surface area contributed by atoms with Gasteiger partial charge >= 0.3 is 7.75 Å². The Morgan fingerprint density at radius 2 is 1.39 bits per heavy atom. The van der Waals surface area contributed by atoms with E-state index in [1.165, 1.54) is 12.1 Å². The molecule has 28 heavy (non-hydrogen) atoms. The maximum atomic E-state index is 13.3. The van der Waals surface area contributed by atoms with E-state index in [0.717, 1.165) is 0 Å². The molecule has 1 aliphatic heterocycles. The molecule has 3 aromatic carbocycles. The zero-order valence-corrected chi connectivity index (χ0v) is 15.5. The third-order valence-electron chi connectivity index (χ3n) is 3.81. The van der Waals surface area contributed by atoms with E-state index in [-0.39, 0.29) is 12.4 Å². The molecule has 0 fully saturated rings. The van der Waals surface area contributed by atoms with Crippen LogP contribution in [0.4, 0.5) is 0 Å². The molecule has 0 aliphatic carbocycles. The van der Waals surface area contributed by atoms with Gasteiger partial charge in [-0.3, -0.25) is 4.79 Å². The zero-order chi connectivity index (χ0) is 19.4. The summed E-state index contributed by atoms with van der Waals surface area (Å²) in [5.74, 6) is 0.949. The fraction of sp³-hybridized carbons (Fsp3) is 0.0500. The van der Waals surface area contributed by atoms with Crippen molar-refractivity contribution >= 4 is 13.7 Å². The highest BCUT2D eigenvalue weighted by atomic mass is 31.2. The number of rotatable bonds is 6. The molecule has 0 atom stereocenters. The van der Waals surface area contributed by atoms with E-state index in [4.69, 9.17) is 18.5 Å². The Balaban J connectivity index is 1.59. The molecule has 142 valence electrons. The minimum Gasteiger partial charge on any atom is -0.454 e. The Bertz CT molecular complexity index is 980. The highest BCUT2D eigenvalue weighted by Gasteiger charge is 2.32. The Hall–Kier alpha value is -3.44. The summed E-state index contributed by atoms with van der Waals surface area (Å²) in [6, 6.07) is 21.6. The van der Waals surface area contributed by atoms with Crippen molar-refractivity contribution in [2.45, 2.75) is 0 Å². The zero-order valence-electron chi connectivity index (χ0n) is 14.6. The molecule has 1 heterocycles. The van der Waals surface area contributed by atoms with Gasteiger partial charge in [0, 0.05) is 5.56 Å². The molecule has 7 nitrogen and oxygen atoms in total. The van der Waals surface area contributed by atoms with Crippen LogP contribution in [-0.4, -0.2) is 12.7 Å². The second kappa shape index (κ2) is 7.66. The first-order valence-electron chi connectivity index (χ1n) is 8.43. The first kappa shape index (κ1) is 17.9. The average molecular weight is 397 g/mol. The number of nitrogens with one attached hydrogen (secondary N) is 1. The summed E-state index contributed by atoms with van der Waals surface area (Å²) in [5.41, 5.74) is 0.234. The third-order valence-corrected chi connectivity index (χ3v) is 5.19. The monoisotopic (exact) mass is 397 g/mol. The molecule has 0 aromatic heterocycles. The highest BCUT2D eigenvalue weighted by molar-refractivity contribution is 7.53. The molecular weight excluding hydrogens is 381 g/mol. The smallest absolute Gasteiger partial charge is 0.454 e. The molecule has 3 aromatic rings. The summed E-state index contributed by atoms with van der Waals surface area (Å²) in [5, 5.41) is 2.37. The van der Waals surface area contributed by atoms with Crippen LogP contribution in [0.2, 0.25) is 0 Å². The molecule has 0 radical (unpaired) electrons. The number of benzene rings is 3. The van der Waals surface area contributed by atoms with Crippen molar-refractivity contribution in [3.05, 3.63) is 84.4 Å². The summed E-state index contributed by atoms with van der Waals surface area (Å²) in [6.45, 7) is 0.0904. The van der Waals surface area contributed by atoms with Crippen molar-refractivity contribution in [2.24, 2.45) is 0 Å². The predicted molar refractivity (Wildman–Crippen MR) is 102 cm³/mol. The van der Waals surface area contributed by atoms with Gasteiger partial charge in [0.1, 0.15) is 11.5 Å². The van der Waals surface area contributed by atoms with Crippen molar-refractivity contribution < 1.29 is 27.9 Å². The first-order valence-corrected chi connectivity index (χ1v) is 9.97. The topological polar surface area (TPSA) is 83.1 Å². The molecule has 0 saturated heterocycles. The lowest BCUT2D eigenvalue weighted by molar-refractivity contribution is 0.0972. The third kappa shape index (κ3) is 4.10. The van der Waals surface area contributed by atoms with E-state index in [9.17, 15) is 9.36 Å². The fourth-order valence-corrected chi connectivity index (χ4v) is 3.84. The van der Waals surface area contributed by atoms with Crippen molar-refractivity contribution in [1.29, 1.82) is 0 Å². The van der Waals surface area contributed by atoms with E-state index in [0.29, 0.717) is 23.0 Å². The number of ether oxygens (including phenoxy) is 2. The summed E-state index contributed by atoms with van der Waals surface area (Å²) >= 11 is 0. The molecule has 1 aliphatic rings. The lowest BCUT2D eigenvalue weighted by atomic mass is 10.2. The molecule has 0 saturated carbocycles. The van der Waals surface area contributed by atoms with Gasteiger partial charge in [0.25, 0.3) is 5.91 Å². The van der Waals surface area contributed by atoms with E-state index < -0.39 is 13.7 Å².